The van der Waals surface area contributed by atoms with Gasteiger partial charge in [-0.25, -0.2) is 0 Å². The first-order valence-corrected chi connectivity index (χ1v) is 7.92. The molecule has 0 saturated carbocycles. The molecule has 0 spiro atoms. The Balaban J connectivity index is 1.29. The van der Waals surface area contributed by atoms with Gasteiger partial charge >= 0.3 is 0 Å². The molecule has 3 heterocycles. The van der Waals surface area contributed by atoms with Crippen LogP contribution in [0, 0.1) is 6.92 Å². The third-order valence-electron chi connectivity index (χ3n) is 4.52. The number of H-pyrrole nitrogens is 1. The minimum absolute atomic E-state index is 0.0403. The van der Waals surface area contributed by atoms with Crippen molar-refractivity contribution in [2.45, 2.75) is 44.8 Å². The molecule has 4 rings (SSSR count). The van der Waals surface area contributed by atoms with E-state index in [0.717, 1.165) is 30.5 Å². The number of carbonyl (C=O) groups is 1. The van der Waals surface area contributed by atoms with Crippen molar-refractivity contribution in [3.63, 3.8) is 0 Å². The van der Waals surface area contributed by atoms with Crippen LogP contribution in [-0.4, -0.2) is 50.3 Å². The fraction of sp³-hybridized carbons (Fsp3) is 0.600. The minimum Gasteiger partial charge on any atom is -0.365 e. The van der Waals surface area contributed by atoms with Crippen LogP contribution >= 0.6 is 0 Å². The fourth-order valence-corrected chi connectivity index (χ4v) is 3.25. The van der Waals surface area contributed by atoms with E-state index in [1.54, 1.807) is 13.1 Å². The van der Waals surface area contributed by atoms with Crippen LogP contribution in [0.3, 0.4) is 0 Å². The number of hydrogen-bond acceptors (Lipinski definition) is 6. The first-order valence-electron chi connectivity index (χ1n) is 7.92. The summed E-state index contributed by atoms with van der Waals surface area (Å²) >= 11 is 0. The van der Waals surface area contributed by atoms with Gasteiger partial charge in [0.1, 0.15) is 6.61 Å². The summed E-state index contributed by atoms with van der Waals surface area (Å²) in [6, 6.07) is 0. The second-order valence-corrected chi connectivity index (χ2v) is 6.16. The van der Waals surface area contributed by atoms with Crippen LogP contribution in [0.2, 0.25) is 0 Å². The van der Waals surface area contributed by atoms with Crippen molar-refractivity contribution in [1.29, 1.82) is 0 Å². The standard InChI is InChI=1S/C15H19N5O3/c1-9-17-14(23-19-9)8-22-10-6-20(7-10)15(21)11-3-2-4-13-12(11)5-16-18-13/h5,10-11H,2-4,6-8H2,1H3,(H,16,18). The van der Waals surface area contributed by atoms with Gasteiger partial charge in [0.15, 0.2) is 5.82 Å². The number of carbonyl (C=O) groups excluding carboxylic acids is 1. The van der Waals surface area contributed by atoms with Crippen LogP contribution in [0.1, 0.15) is 41.7 Å². The first kappa shape index (κ1) is 14.4. The average molecular weight is 317 g/mol. The lowest BCUT2D eigenvalue weighted by molar-refractivity contribution is -0.148. The van der Waals surface area contributed by atoms with Gasteiger partial charge in [-0.15, -0.1) is 0 Å². The highest BCUT2D eigenvalue weighted by atomic mass is 16.5. The van der Waals surface area contributed by atoms with Gasteiger partial charge in [-0.2, -0.15) is 10.1 Å². The Hall–Kier alpha value is -2.22. The lowest BCUT2D eigenvalue weighted by atomic mass is 9.85. The molecule has 1 atom stereocenters. The quantitative estimate of drug-likeness (QED) is 0.901. The SMILES string of the molecule is Cc1noc(COC2CN(C(=O)C3CCCc4[nH]ncc43)C2)n1. The molecule has 2 aromatic heterocycles. The maximum Gasteiger partial charge on any atom is 0.252 e. The number of nitrogens with zero attached hydrogens (tertiary/aromatic N) is 4. The van der Waals surface area contributed by atoms with Crippen LogP contribution in [0.5, 0.6) is 0 Å². The molecule has 1 aliphatic heterocycles. The van der Waals surface area contributed by atoms with E-state index in [1.807, 2.05) is 4.90 Å². The van der Waals surface area contributed by atoms with Crippen molar-refractivity contribution in [1.82, 2.24) is 25.2 Å². The van der Waals surface area contributed by atoms with E-state index in [4.69, 9.17) is 9.26 Å². The highest BCUT2D eigenvalue weighted by molar-refractivity contribution is 5.85. The normalized spacial score (nSPS) is 21.1. The molecule has 0 radical (unpaired) electrons. The molecule has 1 N–H and O–H groups in total. The zero-order valence-corrected chi connectivity index (χ0v) is 13.0. The molecule has 1 unspecified atom stereocenters. The molecule has 2 aromatic rings. The summed E-state index contributed by atoms with van der Waals surface area (Å²) in [5, 5.41) is 10.8. The number of aromatic nitrogens is 4. The van der Waals surface area contributed by atoms with Crippen molar-refractivity contribution in [3.05, 3.63) is 29.2 Å². The molecular weight excluding hydrogens is 298 g/mol. The van der Waals surface area contributed by atoms with Crippen LogP contribution in [-0.2, 0) is 22.6 Å². The third kappa shape index (κ3) is 2.74. The summed E-state index contributed by atoms with van der Waals surface area (Å²) in [7, 11) is 0. The van der Waals surface area contributed by atoms with Crippen LogP contribution in [0.15, 0.2) is 10.7 Å². The summed E-state index contributed by atoms with van der Waals surface area (Å²) in [6.07, 6.45) is 4.74. The number of aromatic amines is 1. The average Bonchev–Trinajstić information content (AvgIpc) is 3.13. The van der Waals surface area contributed by atoms with Gasteiger partial charge in [0.05, 0.1) is 18.2 Å². The van der Waals surface area contributed by atoms with Gasteiger partial charge in [0, 0.05) is 24.3 Å². The Morgan fingerprint density at radius 2 is 2.39 bits per heavy atom. The van der Waals surface area contributed by atoms with Gasteiger partial charge in [0.25, 0.3) is 5.89 Å². The summed E-state index contributed by atoms with van der Waals surface area (Å²) in [5.41, 5.74) is 2.17. The Morgan fingerprint density at radius 3 is 3.17 bits per heavy atom. The smallest absolute Gasteiger partial charge is 0.252 e. The fourth-order valence-electron chi connectivity index (χ4n) is 3.25. The van der Waals surface area contributed by atoms with Crippen LogP contribution in [0.4, 0.5) is 0 Å². The largest absolute Gasteiger partial charge is 0.365 e. The van der Waals surface area contributed by atoms with Crippen molar-refractivity contribution in [2.24, 2.45) is 0 Å². The number of fused-ring (bicyclic) bond motifs is 1. The molecule has 0 bridgehead atoms. The molecule has 23 heavy (non-hydrogen) atoms. The predicted octanol–water partition coefficient (Wildman–Crippen LogP) is 0.949. The van der Waals surface area contributed by atoms with Gasteiger partial charge in [0.2, 0.25) is 5.91 Å². The Morgan fingerprint density at radius 1 is 1.52 bits per heavy atom. The summed E-state index contributed by atoms with van der Waals surface area (Å²) in [6.45, 7) is 3.30. The maximum absolute atomic E-state index is 12.7. The van der Waals surface area contributed by atoms with Crippen molar-refractivity contribution < 1.29 is 14.1 Å². The predicted molar refractivity (Wildman–Crippen MR) is 78.5 cm³/mol. The number of ether oxygens (including phenoxy) is 1. The highest BCUT2D eigenvalue weighted by Gasteiger charge is 2.37. The molecular formula is C15H19N5O3. The molecule has 2 aliphatic rings. The minimum atomic E-state index is -0.0583. The third-order valence-corrected chi connectivity index (χ3v) is 4.52. The Bertz CT molecular complexity index is 704. The van der Waals surface area contributed by atoms with Crippen LogP contribution in [0.25, 0.3) is 0 Å². The van der Waals surface area contributed by atoms with Gasteiger partial charge in [-0.1, -0.05) is 5.16 Å². The maximum atomic E-state index is 12.7. The van der Waals surface area contributed by atoms with Crippen molar-refractivity contribution >= 4 is 5.91 Å². The summed E-state index contributed by atoms with van der Waals surface area (Å²) < 4.78 is 10.7. The number of likely N-dealkylation sites (tertiary alicyclic amines) is 1. The van der Waals surface area contributed by atoms with E-state index in [1.165, 1.54) is 0 Å². The number of nitrogens with one attached hydrogen (secondary N) is 1. The molecule has 8 nitrogen and oxygen atoms in total. The van der Waals surface area contributed by atoms with Crippen LogP contribution < -0.4 is 0 Å². The van der Waals surface area contributed by atoms with Crippen molar-refractivity contribution in [3.8, 4) is 0 Å². The first-order chi connectivity index (χ1) is 11.2. The van der Waals surface area contributed by atoms with Gasteiger partial charge in [-0.3, -0.25) is 9.89 Å². The van der Waals surface area contributed by atoms with E-state index in [2.05, 4.69) is 20.3 Å². The van der Waals surface area contributed by atoms with E-state index in [0.29, 0.717) is 31.4 Å². The van der Waals surface area contributed by atoms with Gasteiger partial charge in [-0.05, 0) is 26.2 Å². The molecule has 122 valence electrons. The molecule has 1 aliphatic carbocycles. The lowest BCUT2D eigenvalue weighted by Gasteiger charge is -2.41. The molecule has 1 fully saturated rings. The Kier molecular flexibility index (Phi) is 3.60. The molecule has 1 amide bonds. The molecule has 1 saturated heterocycles. The number of hydrogen-bond donors (Lipinski definition) is 1. The lowest BCUT2D eigenvalue weighted by Crippen LogP contribution is -2.56. The molecule has 0 aromatic carbocycles. The van der Waals surface area contributed by atoms with E-state index in [9.17, 15) is 4.79 Å². The molecule has 8 heteroatoms. The van der Waals surface area contributed by atoms with E-state index in [-0.39, 0.29) is 17.9 Å². The number of aryl methyl sites for hydroxylation is 2. The number of amides is 1. The van der Waals surface area contributed by atoms with E-state index >= 15 is 0 Å². The highest BCUT2D eigenvalue weighted by Crippen LogP contribution is 2.33. The van der Waals surface area contributed by atoms with Crippen molar-refractivity contribution in [2.75, 3.05) is 13.1 Å². The zero-order chi connectivity index (χ0) is 15.8. The number of rotatable bonds is 4. The van der Waals surface area contributed by atoms with Gasteiger partial charge < -0.3 is 14.2 Å². The Labute approximate surface area is 133 Å². The monoisotopic (exact) mass is 317 g/mol. The second-order valence-electron chi connectivity index (χ2n) is 6.16. The summed E-state index contributed by atoms with van der Waals surface area (Å²) in [5.74, 6) is 1.20. The zero-order valence-electron chi connectivity index (χ0n) is 13.0. The van der Waals surface area contributed by atoms with E-state index < -0.39 is 0 Å². The summed E-state index contributed by atoms with van der Waals surface area (Å²) in [4.78, 5) is 18.6. The second kappa shape index (κ2) is 5.77. The topological polar surface area (TPSA) is 97.1 Å².